The summed E-state index contributed by atoms with van der Waals surface area (Å²) in [7, 11) is -4.76. The van der Waals surface area contributed by atoms with Gasteiger partial charge in [-0.15, -0.1) is 0 Å². The molecule has 14 heteroatoms. The fraction of sp³-hybridized carbons (Fsp3) is 0.409. The first-order chi connectivity index (χ1) is 16.7. The Morgan fingerprint density at radius 2 is 1.67 bits per heavy atom. The van der Waals surface area contributed by atoms with Gasteiger partial charge in [0.05, 0.1) is 27.3 Å². The standard InChI is InChI=1S/C22H18F6N4O3S/c23-21(24,25)14-4-1-2-6-17(14)36(34,35)13-10-16(19(33)31-20(12-29)7-8-20)32(11-13)18-15(22(26,27)28)5-3-9-30-18/h1-6,9,13,16H,7-8,10-11H2,(H,31,33)/t13?,16-/m1/s1. The first-order valence-electron chi connectivity index (χ1n) is 10.6. The molecule has 7 nitrogen and oxygen atoms in total. The number of aromatic nitrogens is 1. The van der Waals surface area contributed by atoms with Gasteiger partial charge in [0.25, 0.3) is 0 Å². The van der Waals surface area contributed by atoms with Crippen LogP contribution in [0, 0.1) is 11.3 Å². The quantitative estimate of drug-likeness (QED) is 0.589. The third-order valence-electron chi connectivity index (χ3n) is 6.19. The molecule has 1 saturated carbocycles. The molecule has 1 aromatic carbocycles. The molecule has 4 rings (SSSR count). The van der Waals surface area contributed by atoms with E-state index in [1.165, 1.54) is 0 Å². The zero-order valence-electron chi connectivity index (χ0n) is 18.3. The number of sulfone groups is 1. The first-order valence-corrected chi connectivity index (χ1v) is 12.2. The minimum atomic E-state index is -5.01. The summed E-state index contributed by atoms with van der Waals surface area (Å²) in [5, 5.41) is 10.1. The molecule has 1 unspecified atom stereocenters. The summed E-state index contributed by atoms with van der Waals surface area (Å²) in [5.41, 5.74) is -3.86. The van der Waals surface area contributed by atoms with Gasteiger partial charge in [-0.3, -0.25) is 4.79 Å². The summed E-state index contributed by atoms with van der Waals surface area (Å²) >= 11 is 0. The van der Waals surface area contributed by atoms with Crippen LogP contribution in [0.5, 0.6) is 0 Å². The second-order valence-electron chi connectivity index (χ2n) is 8.62. The van der Waals surface area contributed by atoms with Crippen molar-refractivity contribution in [1.82, 2.24) is 10.3 Å². The normalized spacial score (nSPS) is 21.6. The number of hydrogen-bond donors (Lipinski definition) is 1. The maximum atomic E-state index is 13.7. The van der Waals surface area contributed by atoms with E-state index in [0.29, 0.717) is 25.0 Å². The van der Waals surface area contributed by atoms with Gasteiger partial charge in [-0.1, -0.05) is 12.1 Å². The Labute approximate surface area is 201 Å². The number of nitriles is 1. The number of rotatable bonds is 5. The Morgan fingerprint density at radius 3 is 2.25 bits per heavy atom. The number of nitrogens with one attached hydrogen (secondary N) is 1. The maximum Gasteiger partial charge on any atom is 0.419 e. The van der Waals surface area contributed by atoms with Crippen molar-refractivity contribution in [3.63, 3.8) is 0 Å². The highest BCUT2D eigenvalue weighted by molar-refractivity contribution is 7.92. The largest absolute Gasteiger partial charge is 0.419 e. The van der Waals surface area contributed by atoms with E-state index in [4.69, 9.17) is 0 Å². The number of pyridine rings is 1. The summed E-state index contributed by atoms with van der Waals surface area (Å²) in [5.74, 6) is -1.64. The fourth-order valence-electron chi connectivity index (χ4n) is 4.19. The number of anilines is 1. The summed E-state index contributed by atoms with van der Waals surface area (Å²) in [4.78, 5) is 16.6. The number of benzene rings is 1. The highest BCUT2D eigenvalue weighted by Gasteiger charge is 2.51. The van der Waals surface area contributed by atoms with E-state index in [1.807, 2.05) is 6.07 Å². The lowest BCUT2D eigenvalue weighted by atomic mass is 10.1. The first kappa shape index (κ1) is 25.7. The molecule has 2 aliphatic rings. The highest BCUT2D eigenvalue weighted by atomic mass is 32.2. The van der Waals surface area contributed by atoms with E-state index >= 15 is 0 Å². The van der Waals surface area contributed by atoms with Crippen LogP contribution in [0.4, 0.5) is 32.2 Å². The molecular formula is C22H18F6N4O3S. The number of alkyl halides is 6. The minimum Gasteiger partial charge on any atom is -0.343 e. The lowest BCUT2D eigenvalue weighted by Gasteiger charge is -2.28. The van der Waals surface area contributed by atoms with Gasteiger partial charge >= 0.3 is 12.4 Å². The number of carbonyl (C=O) groups excluding carboxylic acids is 1. The van der Waals surface area contributed by atoms with Crippen LogP contribution in [0.25, 0.3) is 0 Å². The molecule has 1 aliphatic carbocycles. The molecule has 1 N–H and O–H groups in total. The van der Waals surface area contributed by atoms with Crippen molar-refractivity contribution in [2.45, 2.75) is 53.3 Å². The van der Waals surface area contributed by atoms with E-state index in [9.17, 15) is 44.8 Å². The SMILES string of the molecule is N#CC1(NC(=O)[C@H]2CC(S(=O)(=O)c3ccccc3C(F)(F)F)CN2c2ncccc2C(F)(F)F)CC1. The van der Waals surface area contributed by atoms with Crippen LogP contribution in [-0.4, -0.2) is 42.7 Å². The second-order valence-corrected chi connectivity index (χ2v) is 10.8. The van der Waals surface area contributed by atoms with E-state index in [-0.39, 0.29) is 0 Å². The fourth-order valence-corrected chi connectivity index (χ4v) is 6.10. The van der Waals surface area contributed by atoms with Gasteiger partial charge in [0, 0.05) is 12.7 Å². The Balaban J connectivity index is 1.77. The molecule has 1 aliphatic heterocycles. The van der Waals surface area contributed by atoms with Crippen molar-refractivity contribution in [2.75, 3.05) is 11.4 Å². The summed E-state index contributed by atoms with van der Waals surface area (Å²) in [6.07, 6.45) is -8.88. The summed E-state index contributed by atoms with van der Waals surface area (Å²) in [6.45, 7) is -0.716. The van der Waals surface area contributed by atoms with Gasteiger partial charge in [0.1, 0.15) is 17.4 Å². The second kappa shape index (κ2) is 8.65. The molecule has 1 aromatic heterocycles. The van der Waals surface area contributed by atoms with Crippen LogP contribution < -0.4 is 10.2 Å². The highest BCUT2D eigenvalue weighted by Crippen LogP contribution is 2.42. The van der Waals surface area contributed by atoms with Crippen molar-refractivity contribution in [3.8, 4) is 6.07 Å². The molecule has 0 spiro atoms. The molecule has 192 valence electrons. The molecule has 0 radical (unpaired) electrons. The van der Waals surface area contributed by atoms with Crippen LogP contribution in [0.3, 0.4) is 0 Å². The van der Waals surface area contributed by atoms with Crippen molar-refractivity contribution in [1.29, 1.82) is 5.26 Å². The molecule has 2 fully saturated rings. The minimum absolute atomic E-state index is 0.306. The third kappa shape index (κ3) is 4.71. The molecule has 2 heterocycles. The lowest BCUT2D eigenvalue weighted by molar-refractivity contribution is -0.140. The Bertz CT molecular complexity index is 1330. The van der Waals surface area contributed by atoms with Gasteiger partial charge in [0.2, 0.25) is 5.91 Å². The topological polar surface area (TPSA) is 103 Å². The molecule has 2 aromatic rings. The average Bonchev–Trinajstić information content (AvgIpc) is 3.43. The zero-order chi connectivity index (χ0) is 26.5. The Morgan fingerprint density at radius 1 is 1.06 bits per heavy atom. The van der Waals surface area contributed by atoms with Gasteiger partial charge in [-0.05, 0) is 43.5 Å². The monoisotopic (exact) mass is 532 g/mol. The molecule has 0 bridgehead atoms. The van der Waals surface area contributed by atoms with Crippen molar-refractivity contribution < 1.29 is 39.6 Å². The molecule has 1 saturated heterocycles. The number of hydrogen-bond acceptors (Lipinski definition) is 6. The Kier molecular flexibility index (Phi) is 6.19. The van der Waals surface area contributed by atoms with Gasteiger partial charge < -0.3 is 10.2 Å². The number of carbonyl (C=O) groups is 1. The van der Waals surface area contributed by atoms with E-state index in [0.717, 1.165) is 35.4 Å². The van der Waals surface area contributed by atoms with Crippen LogP contribution in [-0.2, 0) is 27.0 Å². The lowest BCUT2D eigenvalue weighted by Crippen LogP contribution is -2.48. The van der Waals surface area contributed by atoms with E-state index < -0.39 is 79.7 Å². The Hall–Kier alpha value is -3.34. The van der Waals surface area contributed by atoms with Crippen molar-refractivity contribution in [2.24, 2.45) is 0 Å². The van der Waals surface area contributed by atoms with Gasteiger partial charge in [-0.25, -0.2) is 13.4 Å². The predicted molar refractivity (Wildman–Crippen MR) is 113 cm³/mol. The summed E-state index contributed by atoms with van der Waals surface area (Å²) < 4.78 is 108. The van der Waals surface area contributed by atoms with Crippen molar-refractivity contribution >= 4 is 21.6 Å². The van der Waals surface area contributed by atoms with E-state index in [2.05, 4.69) is 10.3 Å². The van der Waals surface area contributed by atoms with Crippen LogP contribution in [0.2, 0.25) is 0 Å². The molecular weight excluding hydrogens is 514 g/mol. The van der Waals surface area contributed by atoms with Gasteiger partial charge in [0.15, 0.2) is 9.84 Å². The smallest absolute Gasteiger partial charge is 0.343 e. The molecule has 1 amide bonds. The van der Waals surface area contributed by atoms with Crippen LogP contribution >= 0.6 is 0 Å². The van der Waals surface area contributed by atoms with Crippen LogP contribution in [0.15, 0.2) is 47.5 Å². The van der Waals surface area contributed by atoms with Gasteiger partial charge in [-0.2, -0.15) is 31.6 Å². The third-order valence-corrected chi connectivity index (χ3v) is 8.38. The van der Waals surface area contributed by atoms with E-state index in [1.54, 1.807) is 0 Å². The molecule has 2 atom stereocenters. The van der Waals surface area contributed by atoms with Crippen LogP contribution in [0.1, 0.15) is 30.4 Å². The number of halogens is 6. The number of nitrogens with zero attached hydrogens (tertiary/aromatic N) is 3. The maximum absolute atomic E-state index is 13.7. The van der Waals surface area contributed by atoms with Crippen molar-refractivity contribution in [3.05, 3.63) is 53.7 Å². The predicted octanol–water partition coefficient (Wildman–Crippen LogP) is 3.71. The molecule has 36 heavy (non-hydrogen) atoms. The number of amides is 1. The zero-order valence-corrected chi connectivity index (χ0v) is 19.1. The summed E-state index contributed by atoms with van der Waals surface area (Å²) in [6, 6.07) is 5.57. The average molecular weight is 532 g/mol.